The highest BCUT2D eigenvalue weighted by atomic mass is 32.1. The molecular weight excluding hydrogens is 296 g/mol. The number of aryl methyl sites for hydroxylation is 1. The van der Waals surface area contributed by atoms with Crippen molar-refractivity contribution in [3.05, 3.63) is 16.0 Å². The Balaban J connectivity index is 2.83. The summed E-state index contributed by atoms with van der Waals surface area (Å²) in [5.74, 6) is -2.24. The normalized spacial score (nSPS) is 10.1. The van der Waals surface area contributed by atoms with Crippen molar-refractivity contribution in [3.8, 4) is 0 Å². The lowest BCUT2D eigenvalue weighted by atomic mass is 10.1. The standard InChI is InChI=1S/C13H18N2O5S/c1-7-8(2)21-12(9(7)13(19)20-3)15-11(18)10(17)14-5-4-6-16/h16H,4-6H2,1-3H3,(H,14,17)(H,15,18). The van der Waals surface area contributed by atoms with E-state index in [0.29, 0.717) is 17.0 Å². The fourth-order valence-electron chi connectivity index (χ4n) is 1.58. The molecule has 0 aliphatic rings. The lowest BCUT2D eigenvalue weighted by Crippen LogP contribution is -2.36. The van der Waals surface area contributed by atoms with Gasteiger partial charge in [0.15, 0.2) is 0 Å². The first kappa shape index (κ1) is 17.1. The molecule has 0 unspecified atom stereocenters. The maximum Gasteiger partial charge on any atom is 0.341 e. The van der Waals surface area contributed by atoms with Gasteiger partial charge in [0.1, 0.15) is 5.00 Å². The van der Waals surface area contributed by atoms with Crippen molar-refractivity contribution in [2.24, 2.45) is 0 Å². The summed E-state index contributed by atoms with van der Waals surface area (Å²) in [4.78, 5) is 35.9. The molecule has 1 aromatic heterocycles. The van der Waals surface area contributed by atoms with Crippen molar-refractivity contribution in [1.29, 1.82) is 0 Å². The minimum absolute atomic E-state index is 0.0717. The SMILES string of the molecule is COC(=O)c1c(NC(=O)C(=O)NCCCO)sc(C)c1C. The summed E-state index contributed by atoms with van der Waals surface area (Å²) in [5, 5.41) is 13.7. The minimum atomic E-state index is -0.862. The van der Waals surface area contributed by atoms with Crippen LogP contribution >= 0.6 is 11.3 Å². The van der Waals surface area contributed by atoms with Crippen molar-refractivity contribution >= 4 is 34.1 Å². The number of rotatable bonds is 5. The lowest BCUT2D eigenvalue weighted by Gasteiger charge is -2.06. The van der Waals surface area contributed by atoms with Gasteiger partial charge < -0.3 is 20.5 Å². The van der Waals surface area contributed by atoms with E-state index in [9.17, 15) is 14.4 Å². The van der Waals surface area contributed by atoms with E-state index >= 15 is 0 Å². The van der Waals surface area contributed by atoms with Crippen molar-refractivity contribution in [3.63, 3.8) is 0 Å². The zero-order valence-electron chi connectivity index (χ0n) is 12.1. The van der Waals surface area contributed by atoms with Crippen LogP contribution in [0.2, 0.25) is 0 Å². The Morgan fingerprint density at radius 1 is 1.24 bits per heavy atom. The quantitative estimate of drug-likeness (QED) is 0.419. The van der Waals surface area contributed by atoms with Crippen LogP contribution in [0.25, 0.3) is 0 Å². The van der Waals surface area contributed by atoms with E-state index in [-0.39, 0.29) is 18.7 Å². The van der Waals surface area contributed by atoms with Crippen LogP contribution in [0.1, 0.15) is 27.2 Å². The maximum absolute atomic E-state index is 11.8. The molecule has 7 nitrogen and oxygen atoms in total. The summed E-state index contributed by atoms with van der Waals surface area (Å²) in [6, 6.07) is 0. The zero-order chi connectivity index (χ0) is 16.0. The van der Waals surface area contributed by atoms with Crippen molar-refractivity contribution in [2.75, 3.05) is 25.6 Å². The second-order valence-electron chi connectivity index (χ2n) is 4.27. The van der Waals surface area contributed by atoms with E-state index in [4.69, 9.17) is 5.11 Å². The molecule has 0 aliphatic carbocycles. The number of aliphatic hydroxyl groups excluding tert-OH is 1. The molecule has 0 spiro atoms. The predicted molar refractivity (Wildman–Crippen MR) is 78.5 cm³/mol. The molecule has 0 aliphatic heterocycles. The molecule has 0 radical (unpaired) electrons. The molecule has 8 heteroatoms. The number of esters is 1. The van der Waals surface area contributed by atoms with E-state index in [2.05, 4.69) is 15.4 Å². The van der Waals surface area contributed by atoms with Gasteiger partial charge in [0.05, 0.1) is 12.7 Å². The summed E-state index contributed by atoms with van der Waals surface area (Å²) < 4.78 is 4.68. The van der Waals surface area contributed by atoms with Crippen LogP contribution in [-0.4, -0.2) is 43.2 Å². The number of carbonyl (C=O) groups excluding carboxylic acids is 3. The highest BCUT2D eigenvalue weighted by molar-refractivity contribution is 7.17. The van der Waals surface area contributed by atoms with Crippen LogP contribution in [0.5, 0.6) is 0 Å². The largest absolute Gasteiger partial charge is 0.465 e. The number of methoxy groups -OCH3 is 1. The molecule has 21 heavy (non-hydrogen) atoms. The van der Waals surface area contributed by atoms with Crippen LogP contribution in [0.3, 0.4) is 0 Å². The first-order valence-electron chi connectivity index (χ1n) is 6.30. The van der Waals surface area contributed by atoms with E-state index in [1.807, 2.05) is 6.92 Å². The number of hydrogen-bond donors (Lipinski definition) is 3. The molecule has 116 valence electrons. The number of ether oxygens (including phenoxy) is 1. The maximum atomic E-state index is 11.8. The van der Waals surface area contributed by atoms with E-state index in [1.165, 1.54) is 18.4 Å². The molecule has 2 amide bonds. The molecule has 3 N–H and O–H groups in total. The molecule has 0 saturated heterocycles. The summed E-state index contributed by atoms with van der Waals surface area (Å²) in [6.45, 7) is 3.69. The molecule has 1 rings (SSSR count). The Labute approximate surface area is 126 Å². The number of amides is 2. The van der Waals surface area contributed by atoms with Gasteiger partial charge in [-0.15, -0.1) is 11.3 Å². The number of aliphatic hydroxyl groups is 1. The van der Waals surface area contributed by atoms with E-state index in [1.54, 1.807) is 6.92 Å². The van der Waals surface area contributed by atoms with Crippen molar-refractivity contribution in [1.82, 2.24) is 5.32 Å². The van der Waals surface area contributed by atoms with Crippen molar-refractivity contribution < 1.29 is 24.2 Å². The van der Waals surface area contributed by atoms with Crippen LogP contribution < -0.4 is 10.6 Å². The highest BCUT2D eigenvalue weighted by Crippen LogP contribution is 2.32. The summed E-state index contributed by atoms with van der Waals surface area (Å²) >= 11 is 1.21. The number of carbonyl (C=O) groups is 3. The second-order valence-corrected chi connectivity index (χ2v) is 5.49. The minimum Gasteiger partial charge on any atom is -0.465 e. The van der Waals surface area contributed by atoms with Crippen LogP contribution in [0, 0.1) is 13.8 Å². The highest BCUT2D eigenvalue weighted by Gasteiger charge is 2.23. The average Bonchev–Trinajstić information content (AvgIpc) is 2.73. The third-order valence-corrected chi connectivity index (χ3v) is 3.95. The van der Waals surface area contributed by atoms with E-state index in [0.717, 1.165) is 4.88 Å². The van der Waals surface area contributed by atoms with Gasteiger partial charge >= 0.3 is 17.8 Å². The van der Waals surface area contributed by atoms with Gasteiger partial charge in [-0.2, -0.15) is 0 Å². The number of thiophene rings is 1. The van der Waals surface area contributed by atoms with E-state index < -0.39 is 17.8 Å². The molecule has 0 bridgehead atoms. The molecule has 0 saturated carbocycles. The van der Waals surface area contributed by atoms with Gasteiger partial charge in [0.2, 0.25) is 0 Å². The molecule has 0 aromatic carbocycles. The first-order chi connectivity index (χ1) is 9.92. The fourth-order valence-corrected chi connectivity index (χ4v) is 2.63. The van der Waals surface area contributed by atoms with Crippen molar-refractivity contribution in [2.45, 2.75) is 20.3 Å². The average molecular weight is 314 g/mol. The Bertz CT molecular complexity index is 553. The molecule has 1 heterocycles. The molecule has 1 aromatic rings. The topological polar surface area (TPSA) is 105 Å². The van der Waals surface area contributed by atoms with Crippen LogP contribution in [0.15, 0.2) is 0 Å². The van der Waals surface area contributed by atoms with Crippen LogP contribution in [-0.2, 0) is 14.3 Å². The molecular formula is C13H18N2O5S. The number of nitrogens with one attached hydrogen (secondary N) is 2. The lowest BCUT2D eigenvalue weighted by molar-refractivity contribution is -0.136. The molecule has 0 fully saturated rings. The summed E-state index contributed by atoms with van der Waals surface area (Å²) in [7, 11) is 1.25. The Morgan fingerprint density at radius 2 is 1.90 bits per heavy atom. The van der Waals surface area contributed by atoms with Gasteiger partial charge in [0.25, 0.3) is 0 Å². The Morgan fingerprint density at radius 3 is 2.48 bits per heavy atom. The Hall–Kier alpha value is -1.93. The van der Waals surface area contributed by atoms with Gasteiger partial charge in [-0.1, -0.05) is 0 Å². The first-order valence-corrected chi connectivity index (χ1v) is 7.12. The number of hydrogen-bond acceptors (Lipinski definition) is 6. The van der Waals surface area contributed by atoms with Crippen LogP contribution in [0.4, 0.5) is 5.00 Å². The van der Waals surface area contributed by atoms with Gasteiger partial charge in [-0.05, 0) is 25.8 Å². The zero-order valence-corrected chi connectivity index (χ0v) is 12.9. The smallest absolute Gasteiger partial charge is 0.341 e. The Kier molecular flexibility index (Phi) is 6.32. The monoisotopic (exact) mass is 314 g/mol. The summed E-state index contributed by atoms with van der Waals surface area (Å²) in [6.07, 6.45) is 0.365. The number of anilines is 1. The summed E-state index contributed by atoms with van der Waals surface area (Å²) in [5.41, 5.74) is 0.972. The fraction of sp³-hybridized carbons (Fsp3) is 0.462. The van der Waals surface area contributed by atoms with Gasteiger partial charge in [-0.25, -0.2) is 4.79 Å². The molecule has 0 atom stereocenters. The van der Waals surface area contributed by atoms with Gasteiger partial charge in [-0.3, -0.25) is 9.59 Å². The third-order valence-electron chi connectivity index (χ3n) is 2.83. The second kappa shape index (κ2) is 7.75. The van der Waals surface area contributed by atoms with Gasteiger partial charge in [0, 0.05) is 18.0 Å². The third kappa shape index (κ3) is 4.27. The predicted octanol–water partition coefficient (Wildman–Crippen LogP) is 0.589.